The van der Waals surface area contributed by atoms with Gasteiger partial charge in [0.15, 0.2) is 5.82 Å². The van der Waals surface area contributed by atoms with Crippen LogP contribution in [-0.4, -0.2) is 16.6 Å². The normalized spacial score (nSPS) is 11.1. The number of carbonyl (C=O) groups is 1. The quantitative estimate of drug-likeness (QED) is 0.741. The van der Waals surface area contributed by atoms with Gasteiger partial charge in [0.25, 0.3) is 0 Å². The molecule has 0 radical (unpaired) electrons. The van der Waals surface area contributed by atoms with E-state index in [4.69, 9.17) is 4.74 Å². The number of esters is 1. The molecule has 0 amide bonds. The summed E-state index contributed by atoms with van der Waals surface area (Å²) in [7, 11) is 0. The topological polar surface area (TPSA) is 39.2 Å². The summed E-state index contributed by atoms with van der Waals surface area (Å²) in [5.41, 5.74) is 0.165. The van der Waals surface area contributed by atoms with Gasteiger partial charge in [-0.3, -0.25) is 4.98 Å². The molecule has 0 aliphatic rings. The summed E-state index contributed by atoms with van der Waals surface area (Å²) in [6.07, 6.45) is 2.40. The van der Waals surface area contributed by atoms with Crippen molar-refractivity contribution in [2.45, 2.75) is 33.3 Å². The van der Waals surface area contributed by atoms with Crippen molar-refractivity contribution < 1.29 is 13.9 Å². The SMILES string of the molecule is C=C(C)c1cncc(F)c1C(=O)OC(C)(C)C. The predicted molar refractivity (Wildman–Crippen MR) is 64.1 cm³/mol. The summed E-state index contributed by atoms with van der Waals surface area (Å²) >= 11 is 0. The highest BCUT2D eigenvalue weighted by Gasteiger charge is 2.24. The maximum absolute atomic E-state index is 13.6. The number of ether oxygens (including phenoxy) is 1. The van der Waals surface area contributed by atoms with Gasteiger partial charge in [0.2, 0.25) is 0 Å². The third kappa shape index (κ3) is 3.37. The lowest BCUT2D eigenvalue weighted by molar-refractivity contribution is 0.00641. The minimum absolute atomic E-state index is 0.109. The van der Waals surface area contributed by atoms with E-state index in [-0.39, 0.29) is 5.56 Å². The molecule has 17 heavy (non-hydrogen) atoms. The van der Waals surface area contributed by atoms with E-state index in [0.717, 1.165) is 6.20 Å². The minimum atomic E-state index is -0.699. The summed E-state index contributed by atoms with van der Waals surface area (Å²) in [5, 5.41) is 0. The van der Waals surface area contributed by atoms with Gasteiger partial charge < -0.3 is 4.74 Å². The molecule has 92 valence electrons. The first-order chi connectivity index (χ1) is 7.72. The van der Waals surface area contributed by atoms with E-state index in [2.05, 4.69) is 11.6 Å². The molecule has 0 fully saturated rings. The van der Waals surface area contributed by atoms with Crippen LogP contribution in [0.4, 0.5) is 4.39 Å². The number of aromatic nitrogens is 1. The molecule has 0 bridgehead atoms. The summed E-state index contributed by atoms with van der Waals surface area (Å²) in [6, 6.07) is 0. The van der Waals surface area contributed by atoms with Crippen LogP contribution in [0.3, 0.4) is 0 Å². The van der Waals surface area contributed by atoms with Gasteiger partial charge in [0, 0.05) is 11.8 Å². The molecule has 0 spiro atoms. The molecule has 0 unspecified atom stereocenters. The van der Waals surface area contributed by atoms with Crippen molar-refractivity contribution in [2.24, 2.45) is 0 Å². The minimum Gasteiger partial charge on any atom is -0.456 e. The van der Waals surface area contributed by atoms with Gasteiger partial charge in [-0.25, -0.2) is 9.18 Å². The zero-order valence-corrected chi connectivity index (χ0v) is 10.5. The van der Waals surface area contributed by atoms with Crippen molar-refractivity contribution in [2.75, 3.05) is 0 Å². The van der Waals surface area contributed by atoms with Gasteiger partial charge in [-0.05, 0) is 33.3 Å². The van der Waals surface area contributed by atoms with Crippen LogP contribution in [0.5, 0.6) is 0 Å². The molecule has 1 aromatic rings. The molecule has 0 N–H and O–H groups in total. The van der Waals surface area contributed by atoms with Gasteiger partial charge in [0.1, 0.15) is 11.2 Å². The molecule has 0 aliphatic heterocycles. The Morgan fingerprint density at radius 2 is 2.00 bits per heavy atom. The highest BCUT2D eigenvalue weighted by atomic mass is 19.1. The third-order valence-corrected chi connectivity index (χ3v) is 1.96. The van der Waals surface area contributed by atoms with Gasteiger partial charge >= 0.3 is 5.97 Å². The van der Waals surface area contributed by atoms with Crippen LogP contribution in [-0.2, 0) is 4.74 Å². The predicted octanol–water partition coefficient (Wildman–Crippen LogP) is 3.21. The van der Waals surface area contributed by atoms with Crippen molar-refractivity contribution in [1.29, 1.82) is 0 Å². The van der Waals surface area contributed by atoms with Gasteiger partial charge in [0.05, 0.1) is 6.20 Å². The van der Waals surface area contributed by atoms with Crippen molar-refractivity contribution >= 4 is 11.5 Å². The standard InChI is InChI=1S/C13H16FNO2/c1-8(2)9-6-15-7-10(14)11(9)12(16)17-13(3,4)5/h6-7H,1H2,2-5H3. The monoisotopic (exact) mass is 237 g/mol. The number of pyridine rings is 1. The molecule has 1 aromatic heterocycles. The van der Waals surface area contributed by atoms with Crippen LogP contribution in [0, 0.1) is 5.82 Å². The number of hydrogen-bond acceptors (Lipinski definition) is 3. The van der Waals surface area contributed by atoms with Gasteiger partial charge in [-0.1, -0.05) is 6.58 Å². The number of nitrogens with zero attached hydrogens (tertiary/aromatic N) is 1. The Labute approximate surface area is 100 Å². The molecule has 0 aliphatic carbocycles. The van der Waals surface area contributed by atoms with Crippen LogP contribution in [0.15, 0.2) is 19.0 Å². The van der Waals surface area contributed by atoms with Crippen molar-refractivity contribution in [3.63, 3.8) is 0 Å². The molecular weight excluding hydrogens is 221 g/mol. The van der Waals surface area contributed by atoms with Crippen LogP contribution in [0.1, 0.15) is 43.6 Å². The van der Waals surface area contributed by atoms with Gasteiger partial charge in [-0.2, -0.15) is 0 Å². The molecule has 0 aromatic carbocycles. The fraction of sp³-hybridized carbons (Fsp3) is 0.385. The Morgan fingerprint density at radius 1 is 1.41 bits per heavy atom. The zero-order chi connectivity index (χ0) is 13.2. The van der Waals surface area contributed by atoms with Crippen molar-refractivity contribution in [3.05, 3.63) is 35.9 Å². The Balaban J connectivity index is 3.21. The molecular formula is C13H16FNO2. The number of rotatable bonds is 2. The van der Waals surface area contributed by atoms with Crippen LogP contribution >= 0.6 is 0 Å². The summed E-state index contributed by atoms with van der Waals surface area (Å²) < 4.78 is 18.8. The maximum atomic E-state index is 13.6. The first-order valence-corrected chi connectivity index (χ1v) is 5.25. The Kier molecular flexibility index (Phi) is 3.66. The fourth-order valence-corrected chi connectivity index (χ4v) is 1.30. The van der Waals surface area contributed by atoms with Crippen molar-refractivity contribution in [1.82, 2.24) is 4.98 Å². The first kappa shape index (κ1) is 13.4. The van der Waals surface area contributed by atoms with E-state index < -0.39 is 17.4 Å². The summed E-state index contributed by atoms with van der Waals surface area (Å²) in [5.74, 6) is -1.39. The van der Waals surface area contributed by atoms with Gasteiger partial charge in [-0.15, -0.1) is 0 Å². The zero-order valence-electron chi connectivity index (χ0n) is 10.5. The molecule has 0 saturated heterocycles. The van der Waals surface area contributed by atoms with E-state index in [9.17, 15) is 9.18 Å². The highest BCUT2D eigenvalue weighted by Crippen LogP contribution is 2.22. The Morgan fingerprint density at radius 3 is 2.47 bits per heavy atom. The molecule has 4 heteroatoms. The van der Waals surface area contributed by atoms with Crippen molar-refractivity contribution in [3.8, 4) is 0 Å². The van der Waals surface area contributed by atoms with E-state index >= 15 is 0 Å². The molecule has 0 saturated carbocycles. The molecule has 0 atom stereocenters. The second-order valence-corrected chi connectivity index (χ2v) is 4.83. The number of hydrogen-bond donors (Lipinski definition) is 0. The summed E-state index contributed by atoms with van der Waals surface area (Å²) in [4.78, 5) is 15.6. The average molecular weight is 237 g/mol. The second-order valence-electron chi connectivity index (χ2n) is 4.83. The van der Waals surface area contributed by atoms with Crippen LogP contribution < -0.4 is 0 Å². The highest BCUT2D eigenvalue weighted by molar-refractivity contribution is 5.95. The lowest BCUT2D eigenvalue weighted by Gasteiger charge is -2.20. The number of carbonyl (C=O) groups excluding carboxylic acids is 1. The Hall–Kier alpha value is -1.71. The maximum Gasteiger partial charge on any atom is 0.342 e. The lowest BCUT2D eigenvalue weighted by atomic mass is 10.0. The van der Waals surface area contributed by atoms with Crippen LogP contribution in [0.25, 0.3) is 5.57 Å². The third-order valence-electron chi connectivity index (χ3n) is 1.96. The lowest BCUT2D eigenvalue weighted by Crippen LogP contribution is -2.25. The molecule has 1 rings (SSSR count). The van der Waals surface area contributed by atoms with E-state index in [1.165, 1.54) is 6.20 Å². The van der Waals surface area contributed by atoms with E-state index in [1.54, 1.807) is 27.7 Å². The second kappa shape index (κ2) is 4.65. The van der Waals surface area contributed by atoms with E-state index in [1.807, 2.05) is 0 Å². The number of allylic oxidation sites excluding steroid dienone is 1. The van der Waals surface area contributed by atoms with E-state index in [0.29, 0.717) is 11.1 Å². The summed E-state index contributed by atoms with van der Waals surface area (Å²) in [6.45, 7) is 10.6. The molecule has 1 heterocycles. The Bertz CT molecular complexity index is 461. The smallest absolute Gasteiger partial charge is 0.342 e. The molecule has 3 nitrogen and oxygen atoms in total. The number of halogens is 1. The fourth-order valence-electron chi connectivity index (χ4n) is 1.30. The average Bonchev–Trinajstić information content (AvgIpc) is 2.13. The van der Waals surface area contributed by atoms with Crippen LogP contribution in [0.2, 0.25) is 0 Å². The first-order valence-electron chi connectivity index (χ1n) is 5.25. The largest absolute Gasteiger partial charge is 0.456 e.